The minimum atomic E-state index is -1.31. The molecule has 0 radical (unpaired) electrons. The maximum atomic E-state index is 12.1. The summed E-state index contributed by atoms with van der Waals surface area (Å²) in [5, 5.41) is 2.83. The predicted octanol–water partition coefficient (Wildman–Crippen LogP) is 3.18. The molecule has 0 spiro atoms. The van der Waals surface area contributed by atoms with Gasteiger partial charge in [-0.2, -0.15) is 0 Å². The summed E-state index contributed by atoms with van der Waals surface area (Å²) in [6.45, 7) is 3.17. The van der Waals surface area contributed by atoms with Gasteiger partial charge in [0, 0.05) is 31.8 Å². The highest BCUT2D eigenvalue weighted by atomic mass is 16.7. The van der Waals surface area contributed by atoms with E-state index in [-0.39, 0.29) is 23.5 Å². The number of benzene rings is 2. The second-order valence-electron chi connectivity index (χ2n) is 6.86. The topological polar surface area (TPSA) is 100 Å². The van der Waals surface area contributed by atoms with Gasteiger partial charge in [0.2, 0.25) is 0 Å². The summed E-state index contributed by atoms with van der Waals surface area (Å²) in [6, 6.07) is 14.1. The summed E-state index contributed by atoms with van der Waals surface area (Å²) in [6.07, 6.45) is 1.19. The summed E-state index contributed by atoms with van der Waals surface area (Å²) in [5.41, 5.74) is 1.36. The molecule has 3 rings (SSSR count). The average Bonchev–Trinajstić information content (AvgIpc) is 2.71. The molecule has 0 bridgehead atoms. The molecule has 1 aliphatic heterocycles. The highest BCUT2D eigenvalue weighted by Gasteiger charge is 2.38. The molecular formula is C22H21NO7. The van der Waals surface area contributed by atoms with Gasteiger partial charge in [0.15, 0.2) is 5.57 Å². The third-order valence-electron chi connectivity index (χ3n) is 4.12. The van der Waals surface area contributed by atoms with Gasteiger partial charge in [0.25, 0.3) is 5.79 Å². The lowest BCUT2D eigenvalue weighted by atomic mass is 10.1. The Morgan fingerprint density at radius 3 is 2.37 bits per heavy atom. The minimum absolute atomic E-state index is 0.239. The number of methoxy groups -OCH3 is 1. The van der Waals surface area contributed by atoms with Crippen LogP contribution < -0.4 is 10.1 Å². The van der Waals surface area contributed by atoms with E-state index in [1.165, 1.54) is 33.2 Å². The first kappa shape index (κ1) is 20.9. The fraction of sp³-hybridized carbons (Fsp3) is 0.227. The Labute approximate surface area is 173 Å². The van der Waals surface area contributed by atoms with Crippen molar-refractivity contribution >= 4 is 23.6 Å². The number of rotatable bonds is 6. The van der Waals surface area contributed by atoms with Crippen molar-refractivity contribution in [1.82, 2.24) is 0 Å². The number of esters is 3. The number of anilines is 1. The van der Waals surface area contributed by atoms with Crippen LogP contribution >= 0.6 is 0 Å². The fourth-order valence-electron chi connectivity index (χ4n) is 2.68. The van der Waals surface area contributed by atoms with Gasteiger partial charge in [0.05, 0.1) is 7.11 Å². The molecule has 0 aromatic heterocycles. The van der Waals surface area contributed by atoms with Crippen molar-refractivity contribution in [3.05, 3.63) is 71.4 Å². The van der Waals surface area contributed by atoms with Crippen LogP contribution in [0.25, 0.3) is 0 Å². The van der Waals surface area contributed by atoms with E-state index in [0.717, 1.165) is 5.56 Å². The van der Waals surface area contributed by atoms with Crippen molar-refractivity contribution in [2.45, 2.75) is 26.2 Å². The second kappa shape index (κ2) is 8.69. The van der Waals surface area contributed by atoms with Gasteiger partial charge in [-0.05, 0) is 17.7 Å². The maximum Gasteiger partial charge on any atom is 0.350 e. The Hall–Kier alpha value is -3.81. The third kappa shape index (κ3) is 4.96. The zero-order valence-electron chi connectivity index (χ0n) is 16.8. The van der Waals surface area contributed by atoms with Gasteiger partial charge in [-0.25, -0.2) is 14.4 Å². The summed E-state index contributed by atoms with van der Waals surface area (Å²) in [7, 11) is 1.28. The van der Waals surface area contributed by atoms with E-state index in [9.17, 15) is 14.4 Å². The minimum Gasteiger partial charge on any atom is -0.488 e. The zero-order valence-corrected chi connectivity index (χ0v) is 16.8. The Morgan fingerprint density at radius 1 is 1.07 bits per heavy atom. The Kier molecular flexibility index (Phi) is 6.06. The lowest BCUT2D eigenvalue weighted by Gasteiger charge is -2.29. The molecular weight excluding hydrogens is 390 g/mol. The number of carbonyl (C=O) groups excluding carboxylic acids is 3. The monoisotopic (exact) mass is 411 g/mol. The van der Waals surface area contributed by atoms with Crippen LogP contribution in [-0.4, -0.2) is 30.8 Å². The lowest BCUT2D eigenvalue weighted by Crippen LogP contribution is -2.42. The number of hydrogen-bond acceptors (Lipinski definition) is 8. The summed E-state index contributed by atoms with van der Waals surface area (Å²) >= 11 is 0. The number of hydrogen-bond donors (Lipinski definition) is 1. The highest BCUT2D eigenvalue weighted by molar-refractivity contribution is 6.15. The quantitative estimate of drug-likeness (QED) is 0.440. The molecule has 0 amide bonds. The predicted molar refractivity (Wildman–Crippen MR) is 107 cm³/mol. The molecule has 2 aromatic rings. The molecule has 1 saturated heterocycles. The van der Waals surface area contributed by atoms with E-state index in [4.69, 9.17) is 18.9 Å². The van der Waals surface area contributed by atoms with E-state index in [1.54, 1.807) is 12.1 Å². The maximum absolute atomic E-state index is 12.1. The first-order chi connectivity index (χ1) is 14.3. The summed E-state index contributed by atoms with van der Waals surface area (Å²) < 4.78 is 20.7. The molecule has 30 heavy (non-hydrogen) atoms. The molecule has 1 aliphatic rings. The van der Waals surface area contributed by atoms with Crippen LogP contribution in [0, 0.1) is 0 Å². The van der Waals surface area contributed by atoms with Crippen LogP contribution in [0.1, 0.15) is 29.8 Å². The van der Waals surface area contributed by atoms with E-state index in [2.05, 4.69) is 5.32 Å². The third-order valence-corrected chi connectivity index (χ3v) is 4.12. The molecule has 156 valence electrons. The highest BCUT2D eigenvalue weighted by Crippen LogP contribution is 2.27. The van der Waals surface area contributed by atoms with Crippen molar-refractivity contribution in [2.24, 2.45) is 0 Å². The summed E-state index contributed by atoms with van der Waals surface area (Å²) in [5.74, 6) is -3.17. The normalized spacial score (nSPS) is 15.0. The average molecular weight is 411 g/mol. The van der Waals surface area contributed by atoms with Crippen molar-refractivity contribution in [1.29, 1.82) is 0 Å². The van der Waals surface area contributed by atoms with Crippen molar-refractivity contribution < 1.29 is 33.3 Å². The smallest absolute Gasteiger partial charge is 0.350 e. The molecule has 8 nitrogen and oxygen atoms in total. The van der Waals surface area contributed by atoms with Crippen molar-refractivity contribution in [3.63, 3.8) is 0 Å². The number of nitrogens with one attached hydrogen (secondary N) is 1. The second-order valence-corrected chi connectivity index (χ2v) is 6.86. The SMILES string of the molecule is COC(=O)c1ccc(NC=C2C(=O)OC(C)(C)OC2=O)cc1OCc1ccccc1. The number of carbonyl (C=O) groups is 3. The van der Waals surface area contributed by atoms with Crippen LogP contribution in [0.2, 0.25) is 0 Å². The molecule has 0 aliphatic carbocycles. The van der Waals surface area contributed by atoms with Gasteiger partial charge >= 0.3 is 17.9 Å². The Bertz CT molecular complexity index is 974. The van der Waals surface area contributed by atoms with Crippen molar-refractivity contribution in [2.75, 3.05) is 12.4 Å². The van der Waals surface area contributed by atoms with Crippen LogP contribution in [0.5, 0.6) is 5.75 Å². The molecule has 0 unspecified atom stereocenters. The molecule has 8 heteroatoms. The van der Waals surface area contributed by atoms with Crippen molar-refractivity contribution in [3.8, 4) is 5.75 Å². The number of cyclic esters (lactones) is 2. The lowest BCUT2D eigenvalue weighted by molar-refractivity contribution is -0.222. The number of ether oxygens (including phenoxy) is 4. The van der Waals surface area contributed by atoms with E-state index < -0.39 is 23.7 Å². The van der Waals surface area contributed by atoms with E-state index >= 15 is 0 Å². The molecule has 1 heterocycles. The Balaban J connectivity index is 1.81. The van der Waals surface area contributed by atoms with E-state index in [1.807, 2.05) is 30.3 Å². The first-order valence-corrected chi connectivity index (χ1v) is 9.11. The Morgan fingerprint density at radius 2 is 1.73 bits per heavy atom. The fourth-order valence-corrected chi connectivity index (χ4v) is 2.68. The van der Waals surface area contributed by atoms with Gasteiger partial charge in [0.1, 0.15) is 17.9 Å². The standard InChI is InChI=1S/C22H21NO7/c1-22(2)29-20(25)17(21(26)30-22)12-23-15-9-10-16(19(24)27-3)18(11-15)28-13-14-7-5-4-6-8-14/h4-12,23H,13H2,1-3H3. The molecule has 1 fully saturated rings. The van der Waals surface area contributed by atoms with Crippen LogP contribution in [0.4, 0.5) is 5.69 Å². The van der Waals surface area contributed by atoms with Gasteiger partial charge in [-0.15, -0.1) is 0 Å². The van der Waals surface area contributed by atoms with Gasteiger partial charge < -0.3 is 24.3 Å². The van der Waals surface area contributed by atoms with Crippen LogP contribution in [0.3, 0.4) is 0 Å². The molecule has 2 aromatic carbocycles. The molecule has 0 saturated carbocycles. The van der Waals surface area contributed by atoms with E-state index in [0.29, 0.717) is 5.69 Å². The van der Waals surface area contributed by atoms with Gasteiger partial charge in [-0.3, -0.25) is 0 Å². The molecule has 0 atom stereocenters. The molecule has 1 N–H and O–H groups in total. The largest absolute Gasteiger partial charge is 0.488 e. The zero-order chi connectivity index (χ0) is 21.7. The van der Waals surface area contributed by atoms with Crippen LogP contribution in [0.15, 0.2) is 60.3 Å². The first-order valence-electron chi connectivity index (χ1n) is 9.11. The van der Waals surface area contributed by atoms with Crippen LogP contribution in [-0.2, 0) is 30.4 Å². The van der Waals surface area contributed by atoms with Gasteiger partial charge in [-0.1, -0.05) is 30.3 Å². The summed E-state index contributed by atoms with van der Waals surface area (Å²) in [4.78, 5) is 36.1.